The number of nitrogens with one attached hydrogen (secondary N) is 2. The van der Waals surface area contributed by atoms with Crippen LogP contribution in [0.4, 0.5) is 5.82 Å². The highest BCUT2D eigenvalue weighted by Crippen LogP contribution is 2.42. The van der Waals surface area contributed by atoms with Crippen LogP contribution in [0.5, 0.6) is 0 Å². The van der Waals surface area contributed by atoms with E-state index in [2.05, 4.69) is 26.7 Å². The first-order valence-electron chi connectivity index (χ1n) is 11.0. The highest BCUT2D eigenvalue weighted by Gasteiger charge is 2.29. The number of pyridine rings is 2. The zero-order chi connectivity index (χ0) is 22.9. The topological polar surface area (TPSA) is 97.6 Å². The van der Waals surface area contributed by atoms with Crippen molar-refractivity contribution >= 4 is 23.1 Å². The van der Waals surface area contributed by atoms with E-state index < -0.39 is 0 Å². The predicted molar refractivity (Wildman–Crippen MR) is 130 cm³/mol. The fraction of sp³-hybridized carbons (Fsp3) is 0.292. The highest BCUT2D eigenvalue weighted by atomic mass is 32.1. The molecular formula is C24H25N7OS. The van der Waals surface area contributed by atoms with Gasteiger partial charge in [-0.25, -0.2) is 14.6 Å². The third-order valence-electron chi connectivity index (χ3n) is 5.87. The fourth-order valence-electron chi connectivity index (χ4n) is 4.20. The number of rotatable bonds is 5. The van der Waals surface area contributed by atoms with Crippen molar-refractivity contribution in [1.29, 1.82) is 0 Å². The van der Waals surface area contributed by atoms with Crippen LogP contribution < -0.4 is 10.6 Å². The minimum absolute atomic E-state index is 0.0351. The molecule has 4 aromatic rings. The molecule has 9 heteroatoms. The standard InChI is InChI=1S/C24H25N7OS/c1-14-18(8-5-11-27-14)31-23-16(22(30-31)15-9-10-19(25-2)28-13-15)6-4-7-17-24(23)33-21(29-17)12-20(32)26-3/h5,8-11,13H,4,6-7,12H2,1-3H3,(H,25,28)(H,26,32). The van der Waals surface area contributed by atoms with Gasteiger partial charge in [0.05, 0.1) is 39.8 Å². The molecule has 0 bridgehead atoms. The summed E-state index contributed by atoms with van der Waals surface area (Å²) in [6.45, 7) is 1.99. The number of carbonyl (C=O) groups excluding carboxylic acids is 1. The lowest BCUT2D eigenvalue weighted by Gasteiger charge is -2.09. The number of likely N-dealkylation sites (N-methyl/N-ethyl adjacent to an activating group) is 1. The van der Waals surface area contributed by atoms with Gasteiger partial charge in [0, 0.05) is 37.6 Å². The molecule has 4 heterocycles. The second-order valence-corrected chi connectivity index (χ2v) is 9.05. The van der Waals surface area contributed by atoms with Crippen LogP contribution in [-0.2, 0) is 24.1 Å². The monoisotopic (exact) mass is 459 g/mol. The molecule has 1 aliphatic carbocycles. The molecule has 5 rings (SSSR count). The van der Waals surface area contributed by atoms with E-state index >= 15 is 0 Å². The van der Waals surface area contributed by atoms with Gasteiger partial charge in [0.15, 0.2) is 0 Å². The molecule has 1 amide bonds. The maximum atomic E-state index is 12.0. The average molecular weight is 460 g/mol. The number of thiazole rings is 1. The first-order chi connectivity index (χ1) is 16.1. The van der Waals surface area contributed by atoms with Crippen molar-refractivity contribution in [3.63, 3.8) is 0 Å². The Hall–Kier alpha value is -3.59. The van der Waals surface area contributed by atoms with Gasteiger partial charge in [-0.1, -0.05) is 0 Å². The maximum absolute atomic E-state index is 12.0. The van der Waals surface area contributed by atoms with Gasteiger partial charge in [-0.15, -0.1) is 11.3 Å². The number of aromatic nitrogens is 5. The van der Waals surface area contributed by atoms with E-state index in [1.54, 1.807) is 24.6 Å². The van der Waals surface area contributed by atoms with Gasteiger partial charge >= 0.3 is 0 Å². The van der Waals surface area contributed by atoms with Crippen molar-refractivity contribution in [3.8, 4) is 27.5 Å². The number of carbonyl (C=O) groups is 1. The van der Waals surface area contributed by atoms with E-state index in [-0.39, 0.29) is 12.3 Å². The first kappa shape index (κ1) is 21.3. The summed E-state index contributed by atoms with van der Waals surface area (Å²) in [6, 6.07) is 7.99. The third-order valence-corrected chi connectivity index (χ3v) is 6.98. The Kier molecular flexibility index (Phi) is 5.63. The lowest BCUT2D eigenvalue weighted by atomic mass is 10.0. The summed E-state index contributed by atoms with van der Waals surface area (Å²) in [5.74, 6) is 0.781. The summed E-state index contributed by atoms with van der Waals surface area (Å²) < 4.78 is 2.00. The predicted octanol–water partition coefficient (Wildman–Crippen LogP) is 3.58. The van der Waals surface area contributed by atoms with E-state index in [9.17, 15) is 4.79 Å². The molecule has 0 atom stereocenters. The highest BCUT2D eigenvalue weighted by molar-refractivity contribution is 7.15. The molecule has 0 spiro atoms. The van der Waals surface area contributed by atoms with Gasteiger partial charge in [0.25, 0.3) is 0 Å². The normalized spacial score (nSPS) is 12.6. The van der Waals surface area contributed by atoms with E-state index in [0.717, 1.165) is 69.0 Å². The Labute approximate surface area is 196 Å². The van der Waals surface area contributed by atoms with Crippen molar-refractivity contribution in [2.75, 3.05) is 19.4 Å². The van der Waals surface area contributed by atoms with E-state index in [1.807, 2.05) is 43.0 Å². The first-order valence-corrected chi connectivity index (χ1v) is 11.8. The van der Waals surface area contributed by atoms with Gasteiger partial charge in [-0.2, -0.15) is 5.10 Å². The summed E-state index contributed by atoms with van der Waals surface area (Å²) >= 11 is 1.59. The molecule has 8 nitrogen and oxygen atoms in total. The van der Waals surface area contributed by atoms with Crippen LogP contribution in [0.15, 0.2) is 36.7 Å². The van der Waals surface area contributed by atoms with Crippen molar-refractivity contribution in [2.45, 2.75) is 32.6 Å². The average Bonchev–Trinajstić information content (AvgIpc) is 3.35. The van der Waals surface area contributed by atoms with Crippen molar-refractivity contribution in [2.24, 2.45) is 0 Å². The molecule has 0 saturated carbocycles. The van der Waals surface area contributed by atoms with Crippen LogP contribution in [0.1, 0.15) is 28.4 Å². The number of anilines is 1. The number of fused-ring (bicyclic) bond motifs is 3. The van der Waals surface area contributed by atoms with Crippen LogP contribution in [0, 0.1) is 6.92 Å². The maximum Gasteiger partial charge on any atom is 0.226 e. The van der Waals surface area contributed by atoms with Crippen LogP contribution >= 0.6 is 11.3 Å². The number of nitrogens with zero attached hydrogens (tertiary/aromatic N) is 5. The second-order valence-electron chi connectivity index (χ2n) is 7.96. The SMILES string of the molecule is CNC(=O)Cc1nc2c(s1)-c1c(c(-c3ccc(NC)nc3)nn1-c1cccnc1C)CCC2. The minimum Gasteiger partial charge on any atom is -0.373 e. The van der Waals surface area contributed by atoms with E-state index in [4.69, 9.17) is 10.1 Å². The zero-order valence-corrected chi connectivity index (χ0v) is 19.7. The second kappa shape index (κ2) is 8.74. The van der Waals surface area contributed by atoms with Crippen LogP contribution in [0.2, 0.25) is 0 Å². The Morgan fingerprint density at radius 3 is 2.79 bits per heavy atom. The molecular weight excluding hydrogens is 434 g/mol. The summed E-state index contributed by atoms with van der Waals surface area (Å²) in [5.41, 5.74) is 7.02. The summed E-state index contributed by atoms with van der Waals surface area (Å²) in [5, 5.41) is 11.7. The lowest BCUT2D eigenvalue weighted by molar-refractivity contribution is -0.119. The smallest absolute Gasteiger partial charge is 0.226 e. The summed E-state index contributed by atoms with van der Waals surface area (Å²) in [7, 11) is 3.51. The summed E-state index contributed by atoms with van der Waals surface area (Å²) in [6.07, 6.45) is 6.68. The number of hydrogen-bond donors (Lipinski definition) is 2. The molecule has 0 radical (unpaired) electrons. The molecule has 0 aliphatic heterocycles. The zero-order valence-electron chi connectivity index (χ0n) is 18.8. The van der Waals surface area contributed by atoms with Gasteiger partial charge in [0.2, 0.25) is 5.91 Å². The Balaban J connectivity index is 1.73. The summed E-state index contributed by atoms with van der Waals surface area (Å²) in [4.78, 5) is 26.9. The Bertz CT molecular complexity index is 1320. The Morgan fingerprint density at radius 1 is 1.18 bits per heavy atom. The molecule has 4 aromatic heterocycles. The molecule has 33 heavy (non-hydrogen) atoms. The number of aryl methyl sites for hydroxylation is 2. The quantitative estimate of drug-likeness (QED) is 0.473. The van der Waals surface area contributed by atoms with Crippen molar-refractivity contribution < 1.29 is 4.79 Å². The van der Waals surface area contributed by atoms with E-state index in [0.29, 0.717) is 0 Å². The van der Waals surface area contributed by atoms with Gasteiger partial charge in [-0.3, -0.25) is 9.78 Å². The van der Waals surface area contributed by atoms with Gasteiger partial charge in [-0.05, 0) is 50.5 Å². The molecule has 0 saturated heterocycles. The lowest BCUT2D eigenvalue weighted by Crippen LogP contribution is -2.19. The fourth-order valence-corrected chi connectivity index (χ4v) is 5.36. The number of hydrogen-bond acceptors (Lipinski definition) is 7. The van der Waals surface area contributed by atoms with Crippen molar-refractivity contribution in [1.82, 2.24) is 30.0 Å². The van der Waals surface area contributed by atoms with Crippen LogP contribution in [0.3, 0.4) is 0 Å². The molecule has 0 unspecified atom stereocenters. The molecule has 1 aliphatic rings. The number of amides is 1. The molecule has 0 fully saturated rings. The third kappa shape index (κ3) is 3.89. The van der Waals surface area contributed by atoms with E-state index in [1.165, 1.54) is 5.56 Å². The van der Waals surface area contributed by atoms with Gasteiger partial charge in [0.1, 0.15) is 10.8 Å². The van der Waals surface area contributed by atoms with Crippen LogP contribution in [-0.4, -0.2) is 44.7 Å². The van der Waals surface area contributed by atoms with Gasteiger partial charge < -0.3 is 10.6 Å². The Morgan fingerprint density at radius 2 is 2.06 bits per heavy atom. The molecule has 168 valence electrons. The largest absolute Gasteiger partial charge is 0.373 e. The molecule has 2 N–H and O–H groups in total. The molecule has 0 aromatic carbocycles. The van der Waals surface area contributed by atoms with Crippen molar-refractivity contribution in [3.05, 3.63) is 58.6 Å². The minimum atomic E-state index is -0.0351. The van der Waals surface area contributed by atoms with Crippen LogP contribution in [0.25, 0.3) is 27.5 Å².